The molecule has 0 aliphatic carbocycles. The summed E-state index contributed by atoms with van der Waals surface area (Å²) in [6.07, 6.45) is 0. The smallest absolute Gasteiger partial charge is 0.282 e. The molecule has 0 aliphatic rings. The predicted molar refractivity (Wildman–Crippen MR) is 36.1 cm³/mol. The largest absolute Gasteiger partial charge is 0.300 e. The first kappa shape index (κ1) is 10.9. The summed E-state index contributed by atoms with van der Waals surface area (Å²) in [5.74, 6) is -8.13. The predicted octanol–water partition coefficient (Wildman–Crippen LogP) is 1.49. The zero-order valence-electron chi connectivity index (χ0n) is 6.26. The van der Waals surface area contributed by atoms with Crippen molar-refractivity contribution in [3.05, 3.63) is 29.3 Å². The van der Waals surface area contributed by atoms with E-state index in [-0.39, 0.29) is 6.07 Å². The molecule has 0 spiro atoms. The van der Waals surface area contributed by atoms with Crippen molar-refractivity contribution in [3.63, 3.8) is 0 Å². The van der Waals surface area contributed by atoms with Crippen molar-refractivity contribution >= 4 is 10.1 Å². The van der Waals surface area contributed by atoms with Crippen LogP contribution in [0.25, 0.3) is 0 Å². The van der Waals surface area contributed by atoms with Crippen molar-refractivity contribution in [2.24, 2.45) is 0 Å². The van der Waals surface area contributed by atoms with Gasteiger partial charge in [-0.2, -0.15) is 8.42 Å². The summed E-state index contributed by atoms with van der Waals surface area (Å²) in [6, 6.07) is -0.167. The van der Waals surface area contributed by atoms with E-state index in [1.165, 1.54) is 0 Å². The maximum Gasteiger partial charge on any atom is 0.300 e. The Morgan fingerprint density at radius 2 is 1.36 bits per heavy atom. The van der Waals surface area contributed by atoms with Crippen LogP contribution in [0.3, 0.4) is 0 Å². The minimum Gasteiger partial charge on any atom is -0.282 e. The average molecular weight is 230 g/mol. The van der Waals surface area contributed by atoms with Crippen molar-refractivity contribution in [2.45, 2.75) is 4.90 Å². The van der Waals surface area contributed by atoms with Gasteiger partial charge in [0.2, 0.25) is 0 Å². The lowest BCUT2D eigenvalue weighted by molar-refractivity contribution is 0.403. The van der Waals surface area contributed by atoms with Crippen LogP contribution in [0.4, 0.5) is 17.6 Å². The van der Waals surface area contributed by atoms with E-state index in [0.29, 0.717) is 0 Å². The molecule has 1 rings (SSSR count). The normalized spacial score (nSPS) is 11.8. The molecule has 0 bridgehead atoms. The molecule has 1 aromatic rings. The van der Waals surface area contributed by atoms with Gasteiger partial charge in [-0.3, -0.25) is 4.55 Å². The van der Waals surface area contributed by atoms with Gasteiger partial charge in [0.05, 0.1) is 0 Å². The van der Waals surface area contributed by atoms with Crippen molar-refractivity contribution in [1.82, 2.24) is 0 Å². The van der Waals surface area contributed by atoms with Crippen molar-refractivity contribution in [3.8, 4) is 0 Å². The van der Waals surface area contributed by atoms with E-state index in [0.717, 1.165) is 0 Å². The fraction of sp³-hybridized carbons (Fsp3) is 0. The Balaban J connectivity index is 3.74. The Hall–Kier alpha value is -1.15. The third kappa shape index (κ3) is 1.70. The molecule has 0 aromatic heterocycles. The van der Waals surface area contributed by atoms with E-state index in [9.17, 15) is 26.0 Å². The van der Waals surface area contributed by atoms with Gasteiger partial charge in [0.25, 0.3) is 0 Å². The van der Waals surface area contributed by atoms with E-state index in [1.807, 2.05) is 0 Å². The highest BCUT2D eigenvalue weighted by atomic mass is 32.2. The molecular weight excluding hydrogens is 228 g/mol. The lowest BCUT2D eigenvalue weighted by Gasteiger charge is -2.02. The fourth-order valence-corrected chi connectivity index (χ4v) is 1.43. The minimum absolute atomic E-state index is 0.167. The molecule has 0 unspecified atom stereocenters. The summed E-state index contributed by atoms with van der Waals surface area (Å²) in [5.41, 5.74) is 0. The van der Waals surface area contributed by atoms with Gasteiger partial charge in [-0.25, -0.2) is 17.6 Å². The number of rotatable bonds is 1. The first-order valence-electron chi connectivity index (χ1n) is 3.05. The van der Waals surface area contributed by atoms with Crippen molar-refractivity contribution < 1.29 is 30.5 Å². The maximum atomic E-state index is 12.6. The molecule has 0 fully saturated rings. The van der Waals surface area contributed by atoms with Crippen LogP contribution in [0.15, 0.2) is 11.0 Å². The highest BCUT2D eigenvalue weighted by molar-refractivity contribution is 7.85. The molecular formula is C6H2F4O3S. The van der Waals surface area contributed by atoms with Crippen molar-refractivity contribution in [1.29, 1.82) is 0 Å². The monoisotopic (exact) mass is 230 g/mol. The summed E-state index contributed by atoms with van der Waals surface area (Å²) >= 11 is 0. The van der Waals surface area contributed by atoms with Gasteiger partial charge in [0, 0.05) is 6.07 Å². The second kappa shape index (κ2) is 3.21. The van der Waals surface area contributed by atoms with Crippen molar-refractivity contribution in [2.75, 3.05) is 0 Å². The van der Waals surface area contributed by atoms with Crippen LogP contribution in [0, 0.1) is 23.3 Å². The van der Waals surface area contributed by atoms with E-state index >= 15 is 0 Å². The zero-order chi connectivity index (χ0) is 11.1. The van der Waals surface area contributed by atoms with Gasteiger partial charge in [-0.05, 0) is 0 Å². The Kier molecular flexibility index (Phi) is 2.50. The molecule has 0 amide bonds. The third-order valence-corrected chi connectivity index (χ3v) is 2.20. The topological polar surface area (TPSA) is 54.4 Å². The van der Waals surface area contributed by atoms with Crippen LogP contribution in [-0.4, -0.2) is 13.0 Å². The molecule has 0 saturated carbocycles. The Bertz CT molecular complexity index is 456. The Labute approximate surface area is 75.7 Å². The first-order chi connectivity index (χ1) is 6.25. The number of benzene rings is 1. The van der Waals surface area contributed by atoms with Gasteiger partial charge in [0.1, 0.15) is 0 Å². The highest BCUT2D eigenvalue weighted by Gasteiger charge is 2.27. The first-order valence-corrected chi connectivity index (χ1v) is 4.49. The van der Waals surface area contributed by atoms with Crippen LogP contribution in [0.1, 0.15) is 0 Å². The minimum atomic E-state index is -5.34. The molecule has 3 nitrogen and oxygen atoms in total. The van der Waals surface area contributed by atoms with E-state index in [1.54, 1.807) is 0 Å². The van der Waals surface area contributed by atoms with Gasteiger partial charge in [-0.15, -0.1) is 0 Å². The summed E-state index contributed by atoms with van der Waals surface area (Å²) < 4.78 is 78.9. The summed E-state index contributed by atoms with van der Waals surface area (Å²) in [6.45, 7) is 0. The maximum absolute atomic E-state index is 12.6. The van der Waals surface area contributed by atoms with Gasteiger partial charge >= 0.3 is 10.1 Å². The quantitative estimate of drug-likeness (QED) is 0.451. The number of hydrogen-bond acceptors (Lipinski definition) is 2. The van der Waals surface area contributed by atoms with Gasteiger partial charge in [-0.1, -0.05) is 0 Å². The van der Waals surface area contributed by atoms with E-state index in [2.05, 4.69) is 0 Å². The zero-order valence-corrected chi connectivity index (χ0v) is 7.08. The molecule has 0 saturated heterocycles. The lowest BCUT2D eigenvalue weighted by atomic mass is 10.3. The molecule has 0 atom stereocenters. The van der Waals surface area contributed by atoms with Crippen LogP contribution >= 0.6 is 0 Å². The third-order valence-electron chi connectivity index (χ3n) is 1.33. The number of hydrogen-bond donors (Lipinski definition) is 1. The SMILES string of the molecule is O=S(=O)(O)c1c(F)c(F)cc(F)c1F. The molecule has 14 heavy (non-hydrogen) atoms. The van der Waals surface area contributed by atoms with Crippen LogP contribution in [0.2, 0.25) is 0 Å². The lowest BCUT2D eigenvalue weighted by Crippen LogP contribution is -2.09. The molecule has 0 radical (unpaired) electrons. The fourth-order valence-electron chi connectivity index (χ4n) is 0.778. The average Bonchev–Trinajstić information content (AvgIpc) is 1.98. The molecule has 0 heterocycles. The molecule has 1 N–H and O–H groups in total. The molecule has 8 heteroatoms. The summed E-state index contributed by atoms with van der Waals surface area (Å²) in [5, 5.41) is 0. The molecule has 0 aliphatic heterocycles. The number of halogens is 4. The highest BCUT2D eigenvalue weighted by Crippen LogP contribution is 2.23. The Morgan fingerprint density at radius 3 is 1.64 bits per heavy atom. The Morgan fingerprint density at radius 1 is 1.00 bits per heavy atom. The standard InChI is InChI=1S/C6H2F4O3S/c7-2-1-3(8)5(10)6(4(2)9)14(11,12)13/h1H,(H,11,12,13). The van der Waals surface area contributed by atoms with Crippen LogP contribution in [0.5, 0.6) is 0 Å². The van der Waals surface area contributed by atoms with Gasteiger partial charge < -0.3 is 0 Å². The summed E-state index contributed by atoms with van der Waals surface area (Å²) in [4.78, 5) is -2.03. The molecule has 78 valence electrons. The second-order valence-electron chi connectivity index (χ2n) is 2.27. The summed E-state index contributed by atoms with van der Waals surface area (Å²) in [7, 11) is -5.34. The van der Waals surface area contributed by atoms with E-state index in [4.69, 9.17) is 4.55 Å². The van der Waals surface area contributed by atoms with Gasteiger partial charge in [0.15, 0.2) is 28.2 Å². The second-order valence-corrected chi connectivity index (χ2v) is 3.63. The van der Waals surface area contributed by atoms with Crippen LogP contribution < -0.4 is 0 Å². The molecule has 1 aromatic carbocycles. The van der Waals surface area contributed by atoms with Crippen LogP contribution in [-0.2, 0) is 10.1 Å². The van der Waals surface area contributed by atoms with E-state index < -0.39 is 38.3 Å².